The van der Waals surface area contributed by atoms with Crippen LogP contribution in [0.4, 0.5) is 4.39 Å². The van der Waals surface area contributed by atoms with E-state index in [0.717, 1.165) is 21.8 Å². The van der Waals surface area contributed by atoms with E-state index in [-0.39, 0.29) is 11.7 Å². The number of amides is 1. The first-order chi connectivity index (χ1) is 16.5. The number of nitrogens with one attached hydrogen (secondary N) is 1. The molecule has 0 aliphatic heterocycles. The summed E-state index contributed by atoms with van der Waals surface area (Å²) >= 11 is 7.62. The van der Waals surface area contributed by atoms with Crippen molar-refractivity contribution in [2.75, 3.05) is 6.54 Å². The summed E-state index contributed by atoms with van der Waals surface area (Å²) < 4.78 is 13.3. The highest BCUT2D eigenvalue weighted by Gasteiger charge is 2.15. The van der Waals surface area contributed by atoms with Gasteiger partial charge in [-0.2, -0.15) is 0 Å². The van der Waals surface area contributed by atoms with Crippen molar-refractivity contribution in [2.24, 2.45) is 0 Å². The van der Waals surface area contributed by atoms with Crippen LogP contribution in [-0.2, 0) is 26.1 Å². The Balaban J connectivity index is 1.40. The lowest BCUT2D eigenvalue weighted by molar-refractivity contribution is 0.0949. The topological polar surface area (TPSA) is 58.1 Å². The van der Waals surface area contributed by atoms with Gasteiger partial charge in [-0.1, -0.05) is 41.9 Å². The predicted molar refractivity (Wildman–Crippen MR) is 133 cm³/mol. The lowest BCUT2D eigenvalue weighted by atomic mass is 10.1. The van der Waals surface area contributed by atoms with Gasteiger partial charge in [0, 0.05) is 48.3 Å². The zero-order chi connectivity index (χ0) is 23.8. The van der Waals surface area contributed by atoms with Gasteiger partial charge in [0.25, 0.3) is 5.91 Å². The Morgan fingerprint density at radius 2 is 1.82 bits per heavy atom. The van der Waals surface area contributed by atoms with Gasteiger partial charge in [0.15, 0.2) is 0 Å². The highest BCUT2D eigenvalue weighted by atomic mass is 35.5. The molecule has 5 nitrogen and oxygen atoms in total. The molecule has 2 aromatic carbocycles. The number of rotatable bonds is 10. The molecule has 0 radical (unpaired) electrons. The van der Waals surface area contributed by atoms with E-state index in [2.05, 4.69) is 20.2 Å². The predicted octanol–water partition coefficient (Wildman–Crippen LogP) is 5.51. The van der Waals surface area contributed by atoms with Crippen molar-refractivity contribution in [1.29, 1.82) is 0 Å². The molecule has 0 saturated heterocycles. The van der Waals surface area contributed by atoms with Crippen LogP contribution in [0.15, 0.2) is 78.3 Å². The molecular formula is C26H24ClFN4OS. The third-order valence-corrected chi connectivity index (χ3v) is 6.22. The fourth-order valence-electron chi connectivity index (χ4n) is 3.53. The summed E-state index contributed by atoms with van der Waals surface area (Å²) in [5.41, 5.74) is 3.40. The molecule has 8 heteroatoms. The summed E-state index contributed by atoms with van der Waals surface area (Å²) in [4.78, 5) is 23.5. The monoisotopic (exact) mass is 494 g/mol. The lowest BCUT2D eigenvalue weighted by Crippen LogP contribution is -2.26. The SMILES string of the molecule is O=C(NCCc1ccccn1)c1csc(CN(Cc2ccc(F)cc2)Cc2cccc(Cl)c2)n1. The first-order valence-electron chi connectivity index (χ1n) is 10.9. The van der Waals surface area contributed by atoms with Gasteiger partial charge in [0.2, 0.25) is 0 Å². The van der Waals surface area contributed by atoms with Crippen molar-refractivity contribution in [2.45, 2.75) is 26.1 Å². The molecule has 0 saturated carbocycles. The standard InChI is InChI=1S/C26H24ClFN4OS/c27-21-5-3-4-20(14-21)16-32(15-19-7-9-22(28)10-8-19)17-25-31-24(18-34-25)26(33)30-13-11-23-6-1-2-12-29-23/h1-10,12,14,18H,11,13,15-17H2,(H,30,33). The summed E-state index contributed by atoms with van der Waals surface area (Å²) in [5, 5.41) is 6.20. The fraction of sp³-hybridized carbons (Fsp3) is 0.192. The van der Waals surface area contributed by atoms with Crippen molar-refractivity contribution < 1.29 is 9.18 Å². The van der Waals surface area contributed by atoms with Crippen LogP contribution in [0.2, 0.25) is 5.02 Å². The van der Waals surface area contributed by atoms with Crippen LogP contribution in [0, 0.1) is 5.82 Å². The van der Waals surface area contributed by atoms with E-state index in [1.54, 1.807) is 23.7 Å². The molecule has 34 heavy (non-hydrogen) atoms. The van der Waals surface area contributed by atoms with E-state index in [0.29, 0.717) is 43.3 Å². The molecule has 0 fully saturated rings. The minimum absolute atomic E-state index is 0.196. The number of hydrogen-bond donors (Lipinski definition) is 1. The van der Waals surface area contributed by atoms with Gasteiger partial charge in [0.1, 0.15) is 16.5 Å². The lowest BCUT2D eigenvalue weighted by Gasteiger charge is -2.21. The number of benzene rings is 2. The van der Waals surface area contributed by atoms with E-state index in [4.69, 9.17) is 11.6 Å². The van der Waals surface area contributed by atoms with Gasteiger partial charge in [0.05, 0.1) is 6.54 Å². The Labute approximate surface area is 207 Å². The first-order valence-corrected chi connectivity index (χ1v) is 12.1. The molecule has 0 aliphatic rings. The van der Waals surface area contributed by atoms with Crippen LogP contribution in [0.1, 0.15) is 32.3 Å². The number of aromatic nitrogens is 2. The molecule has 0 atom stereocenters. The van der Waals surface area contributed by atoms with E-state index in [1.165, 1.54) is 23.5 Å². The third kappa shape index (κ3) is 7.18. The molecule has 174 valence electrons. The summed E-state index contributed by atoms with van der Waals surface area (Å²) in [6.07, 6.45) is 2.40. The van der Waals surface area contributed by atoms with Crippen LogP contribution in [0.5, 0.6) is 0 Å². The Morgan fingerprint density at radius 1 is 1.00 bits per heavy atom. The summed E-state index contributed by atoms with van der Waals surface area (Å²) in [6.45, 7) is 2.30. The van der Waals surface area contributed by atoms with Crippen LogP contribution >= 0.6 is 22.9 Å². The normalized spacial score (nSPS) is 11.0. The molecule has 0 spiro atoms. The minimum Gasteiger partial charge on any atom is -0.350 e. The number of pyridine rings is 1. The Kier molecular flexibility index (Phi) is 8.36. The maximum absolute atomic E-state index is 13.3. The molecule has 0 bridgehead atoms. The van der Waals surface area contributed by atoms with E-state index in [1.807, 2.05) is 42.5 Å². The van der Waals surface area contributed by atoms with Crippen molar-refractivity contribution in [3.63, 3.8) is 0 Å². The average molecular weight is 495 g/mol. The molecule has 1 N–H and O–H groups in total. The van der Waals surface area contributed by atoms with E-state index < -0.39 is 0 Å². The third-order valence-electron chi connectivity index (χ3n) is 5.15. The van der Waals surface area contributed by atoms with Gasteiger partial charge in [-0.3, -0.25) is 14.7 Å². The quantitative estimate of drug-likeness (QED) is 0.316. The number of carbonyl (C=O) groups is 1. The molecule has 4 aromatic rings. The zero-order valence-electron chi connectivity index (χ0n) is 18.5. The Bertz CT molecular complexity index is 1220. The van der Waals surface area contributed by atoms with Gasteiger partial charge in [-0.05, 0) is 47.5 Å². The number of carbonyl (C=O) groups excluding carboxylic acids is 1. The molecule has 1 amide bonds. The summed E-state index contributed by atoms with van der Waals surface area (Å²) in [7, 11) is 0. The molecule has 0 unspecified atom stereocenters. The van der Waals surface area contributed by atoms with Crippen LogP contribution < -0.4 is 5.32 Å². The van der Waals surface area contributed by atoms with Crippen molar-refractivity contribution in [3.8, 4) is 0 Å². The number of halogens is 2. The molecular weight excluding hydrogens is 471 g/mol. The van der Waals surface area contributed by atoms with E-state index in [9.17, 15) is 9.18 Å². The fourth-order valence-corrected chi connectivity index (χ4v) is 4.56. The highest BCUT2D eigenvalue weighted by Crippen LogP contribution is 2.19. The van der Waals surface area contributed by atoms with Crippen LogP contribution in [-0.4, -0.2) is 27.3 Å². The smallest absolute Gasteiger partial charge is 0.270 e. The van der Waals surface area contributed by atoms with Crippen molar-refractivity contribution >= 4 is 28.8 Å². The Morgan fingerprint density at radius 3 is 2.59 bits per heavy atom. The van der Waals surface area contributed by atoms with Gasteiger partial charge in [-0.15, -0.1) is 11.3 Å². The second-order valence-corrected chi connectivity index (χ2v) is 9.23. The van der Waals surface area contributed by atoms with Crippen molar-refractivity contribution in [1.82, 2.24) is 20.2 Å². The van der Waals surface area contributed by atoms with E-state index >= 15 is 0 Å². The second kappa shape index (κ2) is 11.8. The van der Waals surface area contributed by atoms with Gasteiger partial charge >= 0.3 is 0 Å². The largest absolute Gasteiger partial charge is 0.350 e. The summed E-state index contributed by atoms with van der Waals surface area (Å²) in [6, 6.07) is 19.9. The van der Waals surface area contributed by atoms with Gasteiger partial charge < -0.3 is 5.32 Å². The molecule has 0 aliphatic carbocycles. The Hall–Kier alpha value is -3.13. The maximum atomic E-state index is 13.3. The highest BCUT2D eigenvalue weighted by molar-refractivity contribution is 7.09. The zero-order valence-corrected chi connectivity index (χ0v) is 20.0. The van der Waals surface area contributed by atoms with Crippen LogP contribution in [0.25, 0.3) is 0 Å². The van der Waals surface area contributed by atoms with Crippen molar-refractivity contribution in [3.05, 3.63) is 117 Å². The number of hydrogen-bond acceptors (Lipinski definition) is 5. The first kappa shape index (κ1) is 24.0. The summed E-state index contributed by atoms with van der Waals surface area (Å²) in [5.74, 6) is -0.456. The molecule has 2 aromatic heterocycles. The van der Waals surface area contributed by atoms with Crippen LogP contribution in [0.3, 0.4) is 0 Å². The maximum Gasteiger partial charge on any atom is 0.270 e. The van der Waals surface area contributed by atoms with Gasteiger partial charge in [-0.25, -0.2) is 9.37 Å². The number of thiazole rings is 1. The minimum atomic E-state index is -0.260. The molecule has 2 heterocycles. The second-order valence-electron chi connectivity index (χ2n) is 7.86. The molecule has 4 rings (SSSR count). The average Bonchev–Trinajstić information content (AvgIpc) is 3.30. The number of nitrogens with zero attached hydrogens (tertiary/aromatic N) is 3.